The van der Waals surface area contributed by atoms with Crippen LogP contribution in [0.4, 0.5) is 8.78 Å². The first kappa shape index (κ1) is 9.42. The van der Waals surface area contributed by atoms with Crippen molar-refractivity contribution in [2.24, 2.45) is 11.8 Å². The van der Waals surface area contributed by atoms with Gasteiger partial charge in [0.25, 0.3) is 5.92 Å². The van der Waals surface area contributed by atoms with Crippen molar-refractivity contribution in [2.75, 3.05) is 0 Å². The maximum atomic E-state index is 13.0. The molecule has 0 aliphatic heterocycles. The van der Waals surface area contributed by atoms with Crippen molar-refractivity contribution >= 4 is 5.97 Å². The summed E-state index contributed by atoms with van der Waals surface area (Å²) < 4.78 is 25.9. The highest BCUT2D eigenvalue weighted by atomic mass is 19.3. The number of aliphatic carboxylic acids is 1. The second-order valence-corrected chi connectivity index (χ2v) is 3.39. The SMILES string of the molecule is C[C@H](C(=O)O)C1CCCC1(F)F. The van der Waals surface area contributed by atoms with Gasteiger partial charge in [-0.3, -0.25) is 4.79 Å². The van der Waals surface area contributed by atoms with E-state index in [9.17, 15) is 13.6 Å². The Kier molecular flexibility index (Phi) is 2.35. The first-order valence-electron chi connectivity index (χ1n) is 4.06. The van der Waals surface area contributed by atoms with Gasteiger partial charge < -0.3 is 5.11 Å². The predicted molar refractivity (Wildman–Crippen MR) is 39.1 cm³/mol. The number of carboxylic acid groups (broad SMARTS) is 1. The normalized spacial score (nSPS) is 30.1. The molecule has 0 heterocycles. The molecule has 0 aromatic rings. The van der Waals surface area contributed by atoms with Gasteiger partial charge in [-0.1, -0.05) is 6.92 Å². The van der Waals surface area contributed by atoms with Crippen LogP contribution in [0.1, 0.15) is 26.2 Å². The summed E-state index contributed by atoms with van der Waals surface area (Å²) in [5.41, 5.74) is 0. The fourth-order valence-corrected chi connectivity index (χ4v) is 1.74. The van der Waals surface area contributed by atoms with Crippen molar-refractivity contribution in [1.82, 2.24) is 0 Å². The number of alkyl halides is 2. The molecule has 2 atom stereocenters. The molecule has 1 aliphatic rings. The van der Waals surface area contributed by atoms with E-state index in [1.807, 2.05) is 0 Å². The Labute approximate surface area is 69.6 Å². The van der Waals surface area contributed by atoms with Crippen molar-refractivity contribution in [1.29, 1.82) is 0 Å². The molecule has 1 saturated carbocycles. The van der Waals surface area contributed by atoms with Crippen LogP contribution in [-0.4, -0.2) is 17.0 Å². The van der Waals surface area contributed by atoms with Gasteiger partial charge in [-0.15, -0.1) is 0 Å². The van der Waals surface area contributed by atoms with E-state index in [0.29, 0.717) is 12.8 Å². The van der Waals surface area contributed by atoms with Crippen LogP contribution >= 0.6 is 0 Å². The molecular formula is C8H12F2O2. The summed E-state index contributed by atoms with van der Waals surface area (Å²) in [6.07, 6.45) is 0.616. The van der Waals surface area contributed by atoms with Gasteiger partial charge in [0.2, 0.25) is 0 Å². The Balaban J connectivity index is 2.68. The zero-order chi connectivity index (χ0) is 9.35. The van der Waals surface area contributed by atoms with Gasteiger partial charge in [0, 0.05) is 12.3 Å². The zero-order valence-electron chi connectivity index (χ0n) is 6.89. The molecule has 0 bridgehead atoms. The molecule has 1 N–H and O–H groups in total. The smallest absolute Gasteiger partial charge is 0.306 e. The minimum Gasteiger partial charge on any atom is -0.481 e. The van der Waals surface area contributed by atoms with E-state index in [1.165, 1.54) is 6.92 Å². The molecule has 0 aromatic carbocycles. The van der Waals surface area contributed by atoms with E-state index in [1.54, 1.807) is 0 Å². The van der Waals surface area contributed by atoms with Gasteiger partial charge in [-0.05, 0) is 12.8 Å². The van der Waals surface area contributed by atoms with Crippen LogP contribution in [0.25, 0.3) is 0 Å². The van der Waals surface area contributed by atoms with Crippen LogP contribution in [0.2, 0.25) is 0 Å². The van der Waals surface area contributed by atoms with Crippen molar-refractivity contribution in [2.45, 2.75) is 32.1 Å². The zero-order valence-corrected chi connectivity index (χ0v) is 6.89. The first-order chi connectivity index (χ1) is 5.45. The second kappa shape index (κ2) is 2.99. The lowest BCUT2D eigenvalue weighted by atomic mass is 9.90. The quantitative estimate of drug-likeness (QED) is 0.703. The van der Waals surface area contributed by atoms with Gasteiger partial charge >= 0.3 is 5.97 Å². The number of hydrogen-bond donors (Lipinski definition) is 1. The van der Waals surface area contributed by atoms with Crippen LogP contribution in [-0.2, 0) is 4.79 Å². The summed E-state index contributed by atoms with van der Waals surface area (Å²) in [7, 11) is 0. The summed E-state index contributed by atoms with van der Waals surface area (Å²) in [6.45, 7) is 1.35. The summed E-state index contributed by atoms with van der Waals surface area (Å²) in [4.78, 5) is 10.4. The maximum Gasteiger partial charge on any atom is 0.306 e. The maximum absolute atomic E-state index is 13.0. The van der Waals surface area contributed by atoms with Crippen LogP contribution in [0.3, 0.4) is 0 Å². The number of halogens is 2. The van der Waals surface area contributed by atoms with Crippen molar-refractivity contribution < 1.29 is 18.7 Å². The van der Waals surface area contributed by atoms with Crippen LogP contribution in [0.5, 0.6) is 0 Å². The Hall–Kier alpha value is -0.670. The third-order valence-electron chi connectivity index (χ3n) is 2.56. The number of carbonyl (C=O) groups is 1. The monoisotopic (exact) mass is 178 g/mol. The van der Waals surface area contributed by atoms with Crippen LogP contribution in [0, 0.1) is 11.8 Å². The summed E-state index contributed by atoms with van der Waals surface area (Å²) in [6, 6.07) is 0. The topological polar surface area (TPSA) is 37.3 Å². The fourth-order valence-electron chi connectivity index (χ4n) is 1.74. The Morgan fingerprint density at radius 2 is 2.25 bits per heavy atom. The molecule has 0 spiro atoms. The van der Waals surface area contributed by atoms with Gasteiger partial charge in [-0.25, -0.2) is 8.78 Å². The first-order valence-corrected chi connectivity index (χ1v) is 4.06. The van der Waals surface area contributed by atoms with Crippen molar-refractivity contribution in [3.63, 3.8) is 0 Å². The van der Waals surface area contributed by atoms with E-state index >= 15 is 0 Å². The molecule has 0 amide bonds. The third kappa shape index (κ3) is 1.57. The highest BCUT2D eigenvalue weighted by molar-refractivity contribution is 5.70. The molecule has 0 aromatic heterocycles. The minimum atomic E-state index is -2.77. The summed E-state index contributed by atoms with van der Waals surface area (Å²) in [5, 5.41) is 8.54. The molecule has 0 radical (unpaired) electrons. The molecule has 1 aliphatic carbocycles. The van der Waals surface area contributed by atoms with Gasteiger partial charge in [-0.2, -0.15) is 0 Å². The summed E-state index contributed by atoms with van der Waals surface area (Å²) >= 11 is 0. The van der Waals surface area contributed by atoms with E-state index in [4.69, 9.17) is 5.11 Å². The number of hydrogen-bond acceptors (Lipinski definition) is 1. The fraction of sp³-hybridized carbons (Fsp3) is 0.875. The van der Waals surface area contributed by atoms with Gasteiger partial charge in [0.05, 0.1) is 5.92 Å². The molecule has 1 fully saturated rings. The summed E-state index contributed by atoms with van der Waals surface area (Å²) in [5.74, 6) is -5.78. The van der Waals surface area contributed by atoms with Gasteiger partial charge in [0.15, 0.2) is 0 Å². The highest BCUT2D eigenvalue weighted by Crippen LogP contribution is 2.44. The Bertz CT molecular complexity index is 191. The lowest BCUT2D eigenvalue weighted by Gasteiger charge is -2.22. The third-order valence-corrected chi connectivity index (χ3v) is 2.56. The molecular weight excluding hydrogens is 166 g/mol. The van der Waals surface area contributed by atoms with Crippen molar-refractivity contribution in [3.05, 3.63) is 0 Å². The lowest BCUT2D eigenvalue weighted by molar-refractivity contribution is -0.149. The average molecular weight is 178 g/mol. The largest absolute Gasteiger partial charge is 0.481 e. The molecule has 2 nitrogen and oxygen atoms in total. The van der Waals surface area contributed by atoms with E-state index in [-0.39, 0.29) is 6.42 Å². The van der Waals surface area contributed by atoms with E-state index < -0.39 is 23.7 Å². The predicted octanol–water partition coefficient (Wildman–Crippen LogP) is 2.14. The number of carboxylic acids is 1. The Morgan fingerprint density at radius 1 is 1.67 bits per heavy atom. The molecule has 0 saturated heterocycles. The molecule has 1 unspecified atom stereocenters. The molecule has 12 heavy (non-hydrogen) atoms. The minimum absolute atomic E-state index is 0.157. The standard InChI is InChI=1S/C8H12F2O2/c1-5(7(11)12)6-3-2-4-8(6,9)10/h5-6H,2-4H2,1H3,(H,11,12)/t5-,6?/m0/s1. The van der Waals surface area contributed by atoms with E-state index in [2.05, 4.69) is 0 Å². The molecule has 1 rings (SSSR count). The van der Waals surface area contributed by atoms with Crippen LogP contribution in [0.15, 0.2) is 0 Å². The number of rotatable bonds is 2. The molecule has 70 valence electrons. The average Bonchev–Trinajstić information content (AvgIpc) is 2.27. The lowest BCUT2D eigenvalue weighted by Crippen LogP contribution is -2.31. The molecule has 4 heteroatoms. The van der Waals surface area contributed by atoms with Crippen LogP contribution < -0.4 is 0 Å². The Morgan fingerprint density at radius 3 is 2.58 bits per heavy atom. The second-order valence-electron chi connectivity index (χ2n) is 3.39. The van der Waals surface area contributed by atoms with E-state index in [0.717, 1.165) is 0 Å². The highest BCUT2D eigenvalue weighted by Gasteiger charge is 2.48. The van der Waals surface area contributed by atoms with Gasteiger partial charge in [0.1, 0.15) is 0 Å². The van der Waals surface area contributed by atoms with Crippen molar-refractivity contribution in [3.8, 4) is 0 Å².